The first-order valence-electron chi connectivity index (χ1n) is 7.55. The summed E-state index contributed by atoms with van der Waals surface area (Å²) in [6, 6.07) is 4.95. The van der Waals surface area contributed by atoms with Gasteiger partial charge in [-0.15, -0.1) is 0 Å². The van der Waals surface area contributed by atoms with Crippen molar-refractivity contribution in [1.29, 1.82) is 0 Å². The summed E-state index contributed by atoms with van der Waals surface area (Å²) in [4.78, 5) is 35.1. The van der Waals surface area contributed by atoms with Crippen LogP contribution in [0.3, 0.4) is 0 Å². The average Bonchev–Trinajstić information content (AvgIpc) is 3.20. The highest BCUT2D eigenvalue weighted by Gasteiger charge is 2.26. The van der Waals surface area contributed by atoms with Crippen LogP contribution in [-0.2, 0) is 7.05 Å². The van der Waals surface area contributed by atoms with Gasteiger partial charge in [0.25, 0.3) is 11.5 Å². The molecule has 8 heteroatoms. The van der Waals surface area contributed by atoms with E-state index in [0.717, 1.165) is 24.0 Å². The van der Waals surface area contributed by atoms with Crippen LogP contribution in [0.5, 0.6) is 0 Å². The van der Waals surface area contributed by atoms with Crippen LogP contribution in [0.4, 0.5) is 0 Å². The van der Waals surface area contributed by atoms with Crippen molar-refractivity contribution in [2.45, 2.75) is 0 Å². The maximum atomic E-state index is 12.4. The second-order valence-electron chi connectivity index (χ2n) is 5.62. The molecule has 0 aliphatic carbocycles. The first kappa shape index (κ1) is 14.9. The zero-order valence-corrected chi connectivity index (χ0v) is 13.8. The predicted molar refractivity (Wildman–Crippen MR) is 94.0 cm³/mol. The molecule has 2 aliphatic rings. The molecule has 0 atom stereocenters. The first-order valence-corrected chi connectivity index (χ1v) is 8.43. The molecule has 0 spiro atoms. The molecule has 0 fully saturated rings. The number of amides is 1. The molecule has 1 amide bonds. The zero-order valence-electron chi connectivity index (χ0n) is 13.0. The van der Waals surface area contributed by atoms with Crippen molar-refractivity contribution in [2.24, 2.45) is 12.0 Å². The molecule has 7 nitrogen and oxygen atoms in total. The average molecular weight is 341 g/mol. The SMILES string of the molecule is Cn1cnc2cc(C(=O)NCC3=CSC4=NCCN34)ccc2c1=O. The molecule has 2 aromatic rings. The van der Waals surface area contributed by atoms with Gasteiger partial charge in [-0.2, -0.15) is 0 Å². The minimum atomic E-state index is -0.185. The monoisotopic (exact) mass is 341 g/mol. The molecular formula is C16H15N5O2S. The number of hydrogen-bond acceptors (Lipinski definition) is 6. The minimum absolute atomic E-state index is 0.124. The van der Waals surface area contributed by atoms with E-state index in [1.807, 2.05) is 5.41 Å². The van der Waals surface area contributed by atoms with Gasteiger partial charge in [0.1, 0.15) is 0 Å². The fourth-order valence-corrected chi connectivity index (χ4v) is 3.69. The van der Waals surface area contributed by atoms with Gasteiger partial charge >= 0.3 is 0 Å². The van der Waals surface area contributed by atoms with E-state index < -0.39 is 0 Å². The summed E-state index contributed by atoms with van der Waals surface area (Å²) >= 11 is 1.59. The maximum Gasteiger partial charge on any atom is 0.260 e. The Bertz CT molecular complexity index is 963. The van der Waals surface area contributed by atoms with Gasteiger partial charge in [-0.25, -0.2) is 4.98 Å². The lowest BCUT2D eigenvalue weighted by atomic mass is 10.1. The third-order valence-corrected chi connectivity index (χ3v) is 5.01. The molecule has 122 valence electrons. The topological polar surface area (TPSA) is 79.6 Å². The molecule has 2 aliphatic heterocycles. The van der Waals surface area contributed by atoms with Crippen LogP contribution in [0.1, 0.15) is 10.4 Å². The molecule has 0 bridgehead atoms. The molecule has 0 unspecified atom stereocenters. The number of carbonyl (C=O) groups is 1. The smallest absolute Gasteiger partial charge is 0.260 e. The summed E-state index contributed by atoms with van der Waals surface area (Å²) in [6.45, 7) is 2.12. The van der Waals surface area contributed by atoms with Gasteiger partial charge in [0, 0.05) is 30.3 Å². The van der Waals surface area contributed by atoms with Crippen molar-refractivity contribution in [2.75, 3.05) is 19.6 Å². The van der Waals surface area contributed by atoms with E-state index in [9.17, 15) is 9.59 Å². The van der Waals surface area contributed by atoms with E-state index in [4.69, 9.17) is 0 Å². The van der Waals surface area contributed by atoms with Crippen molar-refractivity contribution in [1.82, 2.24) is 19.8 Å². The summed E-state index contributed by atoms with van der Waals surface area (Å²) in [7, 11) is 1.65. The van der Waals surface area contributed by atoms with Crippen LogP contribution in [0, 0.1) is 0 Å². The third kappa shape index (κ3) is 2.48. The van der Waals surface area contributed by atoms with Crippen molar-refractivity contribution < 1.29 is 4.79 Å². The van der Waals surface area contributed by atoms with Crippen molar-refractivity contribution in [3.05, 3.63) is 51.5 Å². The lowest BCUT2D eigenvalue weighted by Crippen LogP contribution is -2.32. The highest BCUT2D eigenvalue weighted by atomic mass is 32.2. The Labute approximate surface area is 142 Å². The summed E-state index contributed by atoms with van der Waals surface area (Å²) < 4.78 is 1.42. The van der Waals surface area contributed by atoms with Crippen LogP contribution in [0.25, 0.3) is 10.9 Å². The number of aliphatic imine (C=N–C) groups is 1. The largest absolute Gasteiger partial charge is 0.346 e. The molecular weight excluding hydrogens is 326 g/mol. The fourth-order valence-electron chi connectivity index (χ4n) is 2.74. The Kier molecular flexibility index (Phi) is 3.61. The van der Waals surface area contributed by atoms with Gasteiger partial charge in [0.05, 0.1) is 30.3 Å². The highest BCUT2D eigenvalue weighted by molar-refractivity contribution is 8.16. The number of benzene rings is 1. The number of amidine groups is 1. The number of hydrogen-bond donors (Lipinski definition) is 1. The Morgan fingerprint density at radius 2 is 2.29 bits per heavy atom. The summed E-state index contributed by atoms with van der Waals surface area (Å²) in [5, 5.41) is 6.44. The van der Waals surface area contributed by atoms with Crippen molar-refractivity contribution in [3.63, 3.8) is 0 Å². The Hall–Kier alpha value is -2.61. The molecule has 0 saturated carbocycles. The Balaban J connectivity index is 1.50. The molecule has 1 aromatic heterocycles. The van der Waals surface area contributed by atoms with Gasteiger partial charge in [-0.3, -0.25) is 14.6 Å². The number of rotatable bonds is 3. The van der Waals surface area contributed by atoms with Crippen LogP contribution in [-0.4, -0.2) is 45.2 Å². The predicted octanol–water partition coefficient (Wildman–Crippen LogP) is 0.923. The summed E-state index contributed by atoms with van der Waals surface area (Å²) in [6.07, 6.45) is 1.46. The minimum Gasteiger partial charge on any atom is -0.346 e. The number of aromatic nitrogens is 2. The normalized spacial score (nSPS) is 16.1. The van der Waals surface area contributed by atoms with Gasteiger partial charge in [-0.1, -0.05) is 11.8 Å². The molecule has 0 radical (unpaired) electrons. The van der Waals surface area contributed by atoms with Crippen molar-refractivity contribution >= 4 is 33.7 Å². The molecule has 3 heterocycles. The van der Waals surface area contributed by atoms with Gasteiger partial charge in [0.2, 0.25) is 0 Å². The number of thioether (sulfide) groups is 1. The second kappa shape index (κ2) is 5.79. The molecule has 1 aromatic carbocycles. The van der Waals surface area contributed by atoms with E-state index in [-0.39, 0.29) is 11.5 Å². The van der Waals surface area contributed by atoms with E-state index in [0.29, 0.717) is 23.0 Å². The van der Waals surface area contributed by atoms with Gasteiger partial charge in [-0.05, 0) is 18.2 Å². The lowest BCUT2D eigenvalue weighted by Gasteiger charge is -2.16. The summed E-state index contributed by atoms with van der Waals surface area (Å²) in [5.41, 5.74) is 1.94. The number of fused-ring (bicyclic) bond motifs is 2. The number of nitrogens with one attached hydrogen (secondary N) is 1. The zero-order chi connectivity index (χ0) is 16.7. The van der Waals surface area contributed by atoms with E-state index in [2.05, 4.69) is 20.2 Å². The van der Waals surface area contributed by atoms with Crippen LogP contribution in [0.15, 0.2) is 45.4 Å². The molecule has 0 saturated heterocycles. The number of carbonyl (C=O) groups excluding carboxylic acids is 1. The van der Waals surface area contributed by atoms with E-state index in [1.54, 1.807) is 37.0 Å². The number of aryl methyl sites for hydroxylation is 1. The lowest BCUT2D eigenvalue weighted by molar-refractivity contribution is 0.0955. The van der Waals surface area contributed by atoms with E-state index >= 15 is 0 Å². The van der Waals surface area contributed by atoms with Gasteiger partial charge < -0.3 is 14.8 Å². The van der Waals surface area contributed by atoms with Crippen LogP contribution in [0.2, 0.25) is 0 Å². The second-order valence-corrected chi connectivity index (χ2v) is 6.45. The highest BCUT2D eigenvalue weighted by Crippen LogP contribution is 2.28. The number of nitrogens with zero attached hydrogens (tertiary/aromatic N) is 4. The van der Waals surface area contributed by atoms with Crippen LogP contribution < -0.4 is 10.9 Å². The third-order valence-electron chi connectivity index (χ3n) is 4.06. The maximum absolute atomic E-state index is 12.4. The molecule has 4 rings (SSSR count). The Morgan fingerprint density at radius 3 is 3.17 bits per heavy atom. The van der Waals surface area contributed by atoms with E-state index in [1.165, 1.54) is 10.9 Å². The fraction of sp³-hybridized carbons (Fsp3) is 0.250. The standard InChI is InChI=1S/C16H15N5O2S/c1-20-9-19-13-6-10(2-3-12(13)15(20)23)14(22)18-7-11-8-24-16-17-4-5-21(11)16/h2-3,6,8-9H,4-5,7H2,1H3,(H,18,22). The quantitative estimate of drug-likeness (QED) is 0.898. The molecule has 1 N–H and O–H groups in total. The first-order chi connectivity index (χ1) is 11.6. The van der Waals surface area contributed by atoms with Crippen LogP contribution >= 0.6 is 11.8 Å². The van der Waals surface area contributed by atoms with Crippen molar-refractivity contribution in [3.8, 4) is 0 Å². The van der Waals surface area contributed by atoms with Gasteiger partial charge in [0.15, 0.2) is 5.17 Å². The molecule has 24 heavy (non-hydrogen) atoms. The summed E-state index contributed by atoms with van der Waals surface area (Å²) in [5.74, 6) is -0.185. The Morgan fingerprint density at radius 1 is 1.42 bits per heavy atom.